The summed E-state index contributed by atoms with van der Waals surface area (Å²) >= 11 is 1.57. The van der Waals surface area contributed by atoms with Crippen molar-refractivity contribution in [2.45, 2.75) is 46.6 Å². The Balaban J connectivity index is 2.46. The Hall–Kier alpha value is -1.63. The Morgan fingerprint density at radius 3 is 2.52 bits per heavy atom. The van der Waals surface area contributed by atoms with E-state index in [0.29, 0.717) is 6.54 Å². The standard InChI is InChI=1S/C14H23N3O3S/c1-5-11(6-12(18)19)7-15-14(20)17-9(3)13-8(2)16-10(4)21-13/h9,11H,5-7H2,1-4H3,(H,18,19)(H2,15,17,20). The molecule has 0 spiro atoms. The van der Waals surface area contributed by atoms with E-state index in [4.69, 9.17) is 5.11 Å². The number of aromatic nitrogens is 1. The molecular formula is C14H23N3O3S. The van der Waals surface area contributed by atoms with E-state index >= 15 is 0 Å². The summed E-state index contributed by atoms with van der Waals surface area (Å²) in [6.07, 6.45) is 0.786. The average molecular weight is 313 g/mol. The molecule has 0 bridgehead atoms. The van der Waals surface area contributed by atoms with Crippen molar-refractivity contribution in [3.63, 3.8) is 0 Å². The first-order chi connectivity index (χ1) is 9.83. The molecule has 0 aromatic carbocycles. The Morgan fingerprint density at radius 1 is 1.38 bits per heavy atom. The number of urea groups is 1. The molecule has 7 heteroatoms. The summed E-state index contributed by atoms with van der Waals surface area (Å²) in [5.74, 6) is -0.885. The molecule has 2 atom stereocenters. The van der Waals surface area contributed by atoms with E-state index in [0.717, 1.165) is 22.0 Å². The highest BCUT2D eigenvalue weighted by atomic mass is 32.1. The van der Waals surface area contributed by atoms with Crippen molar-refractivity contribution in [1.29, 1.82) is 0 Å². The fourth-order valence-electron chi connectivity index (χ4n) is 2.11. The number of nitrogens with zero attached hydrogens (tertiary/aromatic N) is 1. The van der Waals surface area contributed by atoms with Crippen molar-refractivity contribution >= 4 is 23.3 Å². The second-order valence-corrected chi connectivity index (χ2v) is 6.37. The molecule has 0 saturated carbocycles. The number of carbonyl (C=O) groups excluding carboxylic acids is 1. The highest BCUT2D eigenvalue weighted by Crippen LogP contribution is 2.24. The zero-order chi connectivity index (χ0) is 16.0. The number of carboxylic acid groups (broad SMARTS) is 1. The minimum Gasteiger partial charge on any atom is -0.481 e. The van der Waals surface area contributed by atoms with Gasteiger partial charge in [0.25, 0.3) is 0 Å². The van der Waals surface area contributed by atoms with Crippen LogP contribution in [0.1, 0.15) is 48.3 Å². The molecule has 2 amide bonds. The molecule has 3 N–H and O–H groups in total. The number of amides is 2. The normalized spacial score (nSPS) is 13.5. The van der Waals surface area contributed by atoms with E-state index in [1.807, 2.05) is 27.7 Å². The molecule has 6 nitrogen and oxygen atoms in total. The molecule has 0 aliphatic rings. The average Bonchev–Trinajstić information content (AvgIpc) is 2.73. The topological polar surface area (TPSA) is 91.3 Å². The van der Waals surface area contributed by atoms with E-state index in [2.05, 4.69) is 15.6 Å². The van der Waals surface area contributed by atoms with Crippen molar-refractivity contribution in [3.8, 4) is 0 Å². The van der Waals surface area contributed by atoms with Crippen LogP contribution in [0.15, 0.2) is 0 Å². The Morgan fingerprint density at radius 2 is 2.05 bits per heavy atom. The maximum absolute atomic E-state index is 11.9. The van der Waals surface area contributed by atoms with Gasteiger partial charge in [0.2, 0.25) is 0 Å². The lowest BCUT2D eigenvalue weighted by atomic mass is 10.0. The van der Waals surface area contributed by atoms with Gasteiger partial charge in [0.15, 0.2) is 0 Å². The lowest BCUT2D eigenvalue weighted by Gasteiger charge is -2.17. The first-order valence-corrected chi connectivity index (χ1v) is 7.85. The first kappa shape index (κ1) is 17.4. The van der Waals surface area contributed by atoms with Crippen LogP contribution in [0.25, 0.3) is 0 Å². The number of thiazole rings is 1. The summed E-state index contributed by atoms with van der Waals surface area (Å²) in [6.45, 7) is 8.05. The molecular weight excluding hydrogens is 290 g/mol. The summed E-state index contributed by atoms with van der Waals surface area (Å²) < 4.78 is 0. The third-order valence-corrected chi connectivity index (χ3v) is 4.53. The second-order valence-electron chi connectivity index (χ2n) is 5.13. The van der Waals surface area contributed by atoms with Crippen LogP contribution in [0.5, 0.6) is 0 Å². The van der Waals surface area contributed by atoms with Crippen molar-refractivity contribution in [3.05, 3.63) is 15.6 Å². The van der Waals surface area contributed by atoms with Crippen molar-refractivity contribution in [1.82, 2.24) is 15.6 Å². The zero-order valence-electron chi connectivity index (χ0n) is 12.9. The van der Waals surface area contributed by atoms with Crippen LogP contribution in [0, 0.1) is 19.8 Å². The lowest BCUT2D eigenvalue weighted by Crippen LogP contribution is -2.39. The zero-order valence-corrected chi connectivity index (χ0v) is 13.7. The smallest absolute Gasteiger partial charge is 0.315 e. The monoisotopic (exact) mass is 313 g/mol. The lowest BCUT2D eigenvalue weighted by molar-refractivity contribution is -0.138. The third kappa shape index (κ3) is 5.71. The van der Waals surface area contributed by atoms with Crippen molar-refractivity contribution in [2.75, 3.05) is 6.54 Å². The summed E-state index contributed by atoms with van der Waals surface area (Å²) in [4.78, 5) is 27.9. The molecule has 1 heterocycles. The van der Waals surface area contributed by atoms with Gasteiger partial charge in [-0.05, 0) is 26.7 Å². The van der Waals surface area contributed by atoms with Crippen LogP contribution >= 0.6 is 11.3 Å². The maximum atomic E-state index is 11.9. The molecule has 1 aromatic rings. The summed E-state index contributed by atoms with van der Waals surface area (Å²) in [7, 11) is 0. The molecule has 0 aliphatic carbocycles. The SMILES string of the molecule is CCC(CNC(=O)NC(C)c1sc(C)nc1C)CC(=O)O. The molecule has 0 fully saturated rings. The number of aliphatic carboxylic acids is 1. The number of carbonyl (C=O) groups is 2. The molecule has 0 aliphatic heterocycles. The summed E-state index contributed by atoms with van der Waals surface area (Å²) in [5.41, 5.74) is 0.933. The van der Waals surface area contributed by atoms with Gasteiger partial charge in [0.05, 0.1) is 16.7 Å². The van der Waals surface area contributed by atoms with E-state index in [-0.39, 0.29) is 24.4 Å². The molecule has 2 unspecified atom stereocenters. The van der Waals surface area contributed by atoms with Crippen LogP contribution in [-0.4, -0.2) is 28.6 Å². The van der Waals surface area contributed by atoms with Crippen LogP contribution in [0.2, 0.25) is 0 Å². The minimum atomic E-state index is -0.840. The fraction of sp³-hybridized carbons (Fsp3) is 0.643. The van der Waals surface area contributed by atoms with Gasteiger partial charge in [0.1, 0.15) is 0 Å². The van der Waals surface area contributed by atoms with Crippen LogP contribution in [-0.2, 0) is 4.79 Å². The first-order valence-electron chi connectivity index (χ1n) is 7.03. The Labute approximate surface area is 129 Å². The molecule has 1 rings (SSSR count). The van der Waals surface area contributed by atoms with Gasteiger partial charge >= 0.3 is 12.0 Å². The Bertz CT molecular complexity index is 502. The second kappa shape index (κ2) is 7.97. The fourth-order valence-corrected chi connectivity index (χ4v) is 3.04. The quantitative estimate of drug-likeness (QED) is 0.721. The van der Waals surface area contributed by atoms with E-state index < -0.39 is 5.97 Å². The number of aryl methyl sites for hydroxylation is 2. The Kier molecular flexibility index (Phi) is 6.61. The van der Waals surface area contributed by atoms with Gasteiger partial charge in [-0.1, -0.05) is 13.3 Å². The van der Waals surface area contributed by atoms with Gasteiger partial charge in [0, 0.05) is 17.8 Å². The van der Waals surface area contributed by atoms with Crippen molar-refractivity contribution in [2.24, 2.45) is 5.92 Å². The number of hydrogen-bond acceptors (Lipinski definition) is 4. The molecule has 118 valence electrons. The largest absolute Gasteiger partial charge is 0.481 e. The predicted octanol–water partition coefficient (Wildman–Crippen LogP) is 2.62. The number of rotatable bonds is 7. The van der Waals surface area contributed by atoms with Crippen LogP contribution in [0.4, 0.5) is 4.79 Å². The van der Waals surface area contributed by atoms with Gasteiger partial charge in [-0.2, -0.15) is 0 Å². The number of hydrogen-bond donors (Lipinski definition) is 3. The van der Waals surface area contributed by atoms with Crippen LogP contribution in [0.3, 0.4) is 0 Å². The van der Waals surface area contributed by atoms with Gasteiger partial charge in [-0.25, -0.2) is 9.78 Å². The predicted molar refractivity (Wildman–Crippen MR) is 82.6 cm³/mol. The summed E-state index contributed by atoms with van der Waals surface area (Å²) in [5, 5.41) is 15.3. The highest BCUT2D eigenvalue weighted by Gasteiger charge is 2.16. The van der Waals surface area contributed by atoms with E-state index in [1.165, 1.54) is 0 Å². The van der Waals surface area contributed by atoms with Crippen molar-refractivity contribution < 1.29 is 14.7 Å². The molecule has 0 radical (unpaired) electrons. The van der Waals surface area contributed by atoms with Gasteiger partial charge in [-0.15, -0.1) is 11.3 Å². The minimum absolute atomic E-state index is 0.0454. The van der Waals surface area contributed by atoms with E-state index in [9.17, 15) is 9.59 Å². The number of carboxylic acids is 1. The van der Waals surface area contributed by atoms with Crippen LogP contribution < -0.4 is 10.6 Å². The summed E-state index contributed by atoms with van der Waals surface area (Å²) in [6, 6.07) is -0.396. The molecule has 0 saturated heterocycles. The highest BCUT2D eigenvalue weighted by molar-refractivity contribution is 7.11. The van der Waals surface area contributed by atoms with Gasteiger partial charge in [-0.3, -0.25) is 4.79 Å². The molecule has 1 aromatic heterocycles. The maximum Gasteiger partial charge on any atom is 0.315 e. The molecule has 21 heavy (non-hydrogen) atoms. The van der Waals surface area contributed by atoms with Gasteiger partial charge < -0.3 is 15.7 Å². The number of nitrogens with one attached hydrogen (secondary N) is 2. The third-order valence-electron chi connectivity index (χ3n) is 3.27. The van der Waals surface area contributed by atoms with E-state index in [1.54, 1.807) is 11.3 Å².